The predicted molar refractivity (Wildman–Crippen MR) is 104 cm³/mol. The number of nitrogens with zero attached hydrogens (tertiary/aromatic N) is 2. The van der Waals surface area contributed by atoms with Gasteiger partial charge in [0.1, 0.15) is 10.4 Å². The molecule has 2 fully saturated rings. The van der Waals surface area contributed by atoms with Gasteiger partial charge in [-0.1, -0.05) is 28.7 Å². The molecule has 0 radical (unpaired) electrons. The fourth-order valence-electron chi connectivity index (χ4n) is 3.11. The Kier molecular flexibility index (Phi) is 5.60. The van der Waals surface area contributed by atoms with Gasteiger partial charge in [-0.15, -0.1) is 0 Å². The van der Waals surface area contributed by atoms with Crippen LogP contribution in [0.5, 0.6) is 0 Å². The van der Waals surface area contributed by atoms with Crippen LogP contribution in [-0.2, 0) is 4.79 Å². The van der Waals surface area contributed by atoms with Gasteiger partial charge < -0.3 is 10.2 Å². The van der Waals surface area contributed by atoms with E-state index < -0.39 is 0 Å². The Bertz CT molecular complexity index is 593. The van der Waals surface area contributed by atoms with E-state index in [-0.39, 0.29) is 11.9 Å². The monoisotopic (exact) mass is 492 g/mol. The fraction of sp³-hybridized carbons (Fsp3) is 0.625. The second-order valence-corrected chi connectivity index (χ2v) is 8.87. The minimum absolute atomic E-state index is 0.0282. The average Bonchev–Trinajstić information content (AvgIpc) is 3.24. The number of carbonyl (C=O) groups is 1. The lowest BCUT2D eigenvalue weighted by Gasteiger charge is -2.18. The minimum atomic E-state index is -0.144. The van der Waals surface area contributed by atoms with E-state index in [0.29, 0.717) is 15.9 Å². The Morgan fingerprint density at radius 2 is 2.22 bits per heavy atom. The quantitative estimate of drug-likeness (QED) is 0.287. The van der Waals surface area contributed by atoms with Gasteiger partial charge in [-0.3, -0.25) is 10.1 Å². The molecule has 0 bridgehead atoms. The number of carbonyl (C=O) groups excluding carboxylic acids is 1. The van der Waals surface area contributed by atoms with E-state index in [0.717, 1.165) is 29.0 Å². The van der Waals surface area contributed by atoms with Crippen molar-refractivity contribution in [3.8, 4) is 0 Å². The maximum atomic E-state index is 12.7. The van der Waals surface area contributed by atoms with Crippen molar-refractivity contribution in [2.24, 2.45) is 5.92 Å². The van der Waals surface area contributed by atoms with Gasteiger partial charge in [0.25, 0.3) is 0 Å². The maximum Gasteiger partial charge on any atom is 0.242 e. The number of pyridine rings is 1. The summed E-state index contributed by atoms with van der Waals surface area (Å²) in [6, 6.07) is 3.88. The molecule has 1 saturated carbocycles. The smallest absolute Gasteiger partial charge is 0.242 e. The molecule has 1 aliphatic heterocycles. The number of nitrogens with one attached hydrogen (secondary N) is 2. The molecule has 1 saturated heterocycles. The molecule has 1 aromatic heterocycles. The van der Waals surface area contributed by atoms with Crippen molar-refractivity contribution < 1.29 is 4.79 Å². The Balaban J connectivity index is 1.67. The lowest BCUT2D eigenvalue weighted by molar-refractivity contribution is -0.117. The molecular weight excluding hydrogens is 471 g/mol. The van der Waals surface area contributed by atoms with Crippen molar-refractivity contribution in [3.05, 3.63) is 22.3 Å². The van der Waals surface area contributed by atoms with Crippen molar-refractivity contribution in [1.29, 1.82) is 0 Å². The molecule has 2 heterocycles. The first-order valence-electron chi connectivity index (χ1n) is 7.96. The van der Waals surface area contributed by atoms with E-state index in [4.69, 9.17) is 0 Å². The van der Waals surface area contributed by atoms with Crippen LogP contribution in [0, 0.1) is 5.92 Å². The highest BCUT2D eigenvalue weighted by molar-refractivity contribution is 14.1. The summed E-state index contributed by atoms with van der Waals surface area (Å²) >= 11 is 5.80. The molecule has 5 nitrogen and oxygen atoms in total. The third-order valence-electron chi connectivity index (χ3n) is 4.38. The molecule has 1 aliphatic carbocycles. The number of rotatable bonds is 5. The summed E-state index contributed by atoms with van der Waals surface area (Å²) in [6.45, 7) is 0.993. The van der Waals surface area contributed by atoms with Crippen molar-refractivity contribution in [3.63, 3.8) is 0 Å². The topological polar surface area (TPSA) is 57.3 Å². The van der Waals surface area contributed by atoms with Crippen molar-refractivity contribution in [2.45, 2.75) is 35.3 Å². The van der Waals surface area contributed by atoms with E-state index in [1.165, 1.54) is 12.8 Å². The van der Waals surface area contributed by atoms with E-state index in [1.54, 1.807) is 0 Å². The van der Waals surface area contributed by atoms with Crippen LogP contribution in [-0.4, -0.2) is 46.5 Å². The maximum absolute atomic E-state index is 12.7. The number of halogens is 2. The Morgan fingerprint density at radius 1 is 1.48 bits per heavy atom. The van der Waals surface area contributed by atoms with E-state index in [2.05, 4.69) is 79.2 Å². The SMILES string of the molecule is CN(C)C[C@H]1C[C@@H](C(=O)Nc2nc(Br)ccc2C2CC2)N[C@@H]1I. The van der Waals surface area contributed by atoms with Gasteiger partial charge in [-0.2, -0.15) is 0 Å². The molecule has 3 rings (SSSR count). The van der Waals surface area contributed by atoms with Crippen molar-refractivity contribution >= 4 is 50.2 Å². The molecule has 0 unspecified atom stereocenters. The zero-order valence-electron chi connectivity index (χ0n) is 13.4. The standard InChI is InChI=1S/C16H22BrIN4O/c1-22(2)8-10-7-12(19-14(10)18)16(23)21-15-11(9-3-4-9)5-6-13(17)20-15/h5-6,9-10,12,14,19H,3-4,7-8H2,1-2H3,(H,20,21,23)/t10-,12+,14+/m1/s1. The largest absolute Gasteiger partial charge is 0.309 e. The lowest BCUT2D eigenvalue weighted by atomic mass is 10.0. The van der Waals surface area contributed by atoms with Crippen molar-refractivity contribution in [1.82, 2.24) is 15.2 Å². The van der Waals surface area contributed by atoms with Crippen LogP contribution in [0.1, 0.15) is 30.7 Å². The van der Waals surface area contributed by atoms with Gasteiger partial charge in [0.15, 0.2) is 0 Å². The first-order valence-corrected chi connectivity index (χ1v) is 10.00. The number of hydrogen-bond donors (Lipinski definition) is 2. The molecule has 7 heteroatoms. The van der Waals surface area contributed by atoms with Gasteiger partial charge >= 0.3 is 0 Å². The molecule has 1 aromatic rings. The van der Waals surface area contributed by atoms with E-state index >= 15 is 0 Å². The van der Waals surface area contributed by atoms with E-state index in [9.17, 15) is 4.79 Å². The minimum Gasteiger partial charge on any atom is -0.309 e. The van der Waals surface area contributed by atoms with Crippen LogP contribution >= 0.6 is 38.5 Å². The van der Waals surface area contributed by atoms with Gasteiger partial charge in [-0.25, -0.2) is 4.98 Å². The number of hydrogen-bond acceptors (Lipinski definition) is 4. The third-order valence-corrected chi connectivity index (χ3v) is 6.20. The molecule has 2 aliphatic rings. The Labute approximate surface area is 159 Å². The fourth-order valence-corrected chi connectivity index (χ4v) is 4.38. The summed E-state index contributed by atoms with van der Waals surface area (Å²) in [5.74, 6) is 1.79. The molecule has 3 atom stereocenters. The van der Waals surface area contributed by atoms with Crippen LogP contribution in [0.4, 0.5) is 5.82 Å². The third kappa shape index (κ3) is 4.43. The molecule has 0 aromatic carbocycles. The van der Waals surface area contributed by atoms with Crippen LogP contribution in [0.3, 0.4) is 0 Å². The van der Waals surface area contributed by atoms with Crippen LogP contribution in [0.2, 0.25) is 0 Å². The van der Waals surface area contributed by atoms with Crippen LogP contribution < -0.4 is 10.6 Å². The number of amides is 1. The predicted octanol–water partition coefficient (Wildman–Crippen LogP) is 2.96. The van der Waals surface area contributed by atoms with E-state index in [1.807, 2.05) is 6.07 Å². The number of anilines is 1. The highest BCUT2D eigenvalue weighted by Crippen LogP contribution is 2.43. The first-order chi connectivity index (χ1) is 10.9. The molecule has 23 heavy (non-hydrogen) atoms. The molecular formula is C16H22BrIN4O. The highest BCUT2D eigenvalue weighted by Gasteiger charge is 2.36. The average molecular weight is 493 g/mol. The summed E-state index contributed by atoms with van der Waals surface area (Å²) in [7, 11) is 4.15. The molecule has 2 N–H and O–H groups in total. The molecule has 126 valence electrons. The zero-order chi connectivity index (χ0) is 16.6. The summed E-state index contributed by atoms with van der Waals surface area (Å²) in [4.78, 5) is 19.3. The summed E-state index contributed by atoms with van der Waals surface area (Å²) < 4.78 is 1.08. The molecule has 0 spiro atoms. The Morgan fingerprint density at radius 3 is 2.87 bits per heavy atom. The Hall–Kier alpha value is -0.250. The number of alkyl halides is 1. The van der Waals surface area contributed by atoms with Crippen LogP contribution in [0.25, 0.3) is 0 Å². The van der Waals surface area contributed by atoms with Crippen molar-refractivity contribution in [2.75, 3.05) is 26.0 Å². The second kappa shape index (κ2) is 7.33. The highest BCUT2D eigenvalue weighted by atomic mass is 127. The van der Waals surface area contributed by atoms with Gasteiger partial charge in [0.2, 0.25) is 5.91 Å². The van der Waals surface area contributed by atoms with Gasteiger partial charge in [-0.05, 0) is 72.8 Å². The number of aromatic nitrogens is 1. The summed E-state index contributed by atoms with van der Waals surface area (Å²) in [5, 5.41) is 6.47. The zero-order valence-corrected chi connectivity index (χ0v) is 17.1. The summed E-state index contributed by atoms with van der Waals surface area (Å²) in [6.07, 6.45) is 3.24. The normalized spacial score (nSPS) is 27.4. The summed E-state index contributed by atoms with van der Waals surface area (Å²) in [5.41, 5.74) is 1.16. The lowest BCUT2D eigenvalue weighted by Crippen LogP contribution is -2.38. The van der Waals surface area contributed by atoms with Gasteiger partial charge in [0, 0.05) is 6.54 Å². The van der Waals surface area contributed by atoms with Gasteiger partial charge in [0.05, 0.1) is 10.1 Å². The first kappa shape index (κ1) is 17.6. The molecule has 1 amide bonds. The second-order valence-electron chi connectivity index (χ2n) is 6.71. The van der Waals surface area contributed by atoms with Crippen LogP contribution in [0.15, 0.2) is 16.7 Å².